The number of imidazole rings is 1. The minimum absolute atomic E-state index is 0.293. The summed E-state index contributed by atoms with van der Waals surface area (Å²) in [7, 11) is 0. The van der Waals surface area contributed by atoms with E-state index in [0.29, 0.717) is 19.3 Å². The van der Waals surface area contributed by atoms with Crippen molar-refractivity contribution in [1.82, 2.24) is 29.6 Å². The van der Waals surface area contributed by atoms with Gasteiger partial charge in [0.05, 0.1) is 31.1 Å². The van der Waals surface area contributed by atoms with Crippen LogP contribution in [0.15, 0.2) is 43.0 Å². The fourth-order valence-electron chi connectivity index (χ4n) is 3.46. The smallest absolute Gasteiger partial charge is 0.126 e. The summed E-state index contributed by atoms with van der Waals surface area (Å²) < 4.78 is 8.13. The van der Waals surface area contributed by atoms with Crippen molar-refractivity contribution in [1.29, 1.82) is 0 Å². The van der Waals surface area contributed by atoms with Crippen LogP contribution >= 0.6 is 0 Å². The molecule has 4 rings (SSSR count). The van der Waals surface area contributed by atoms with Crippen molar-refractivity contribution in [3.05, 3.63) is 65.8 Å². The van der Waals surface area contributed by atoms with Crippen molar-refractivity contribution in [3.8, 4) is 0 Å². The molecule has 0 bridgehead atoms. The summed E-state index contributed by atoms with van der Waals surface area (Å²) in [5, 5.41) is 6.92. The Bertz CT molecular complexity index is 814. The molecule has 3 aromatic rings. The van der Waals surface area contributed by atoms with E-state index in [-0.39, 0.29) is 0 Å². The van der Waals surface area contributed by atoms with Crippen molar-refractivity contribution < 1.29 is 4.74 Å². The third-order valence-electron chi connectivity index (χ3n) is 4.92. The Morgan fingerprint density at radius 1 is 1.23 bits per heavy atom. The molecule has 1 atom stereocenters. The first-order chi connectivity index (χ1) is 12.8. The van der Waals surface area contributed by atoms with Crippen LogP contribution in [0.1, 0.15) is 35.7 Å². The van der Waals surface area contributed by atoms with Crippen LogP contribution in [-0.2, 0) is 30.9 Å². The molecule has 0 fully saturated rings. The Balaban J connectivity index is 1.33. The largest absolute Gasteiger partial charge is 0.375 e. The van der Waals surface area contributed by atoms with Crippen LogP contribution in [-0.4, -0.2) is 42.8 Å². The predicted molar refractivity (Wildman–Crippen MR) is 97.2 cm³/mol. The van der Waals surface area contributed by atoms with Crippen LogP contribution in [0.3, 0.4) is 0 Å². The zero-order valence-corrected chi connectivity index (χ0v) is 15.0. The van der Waals surface area contributed by atoms with Gasteiger partial charge in [-0.2, -0.15) is 5.10 Å². The standard InChI is InChI=1S/C19H24N6O/c1-15-19-21-12-18(5-9-26-14-17-4-2-3-6-20-17)25(19)8-7-24(15)13-16-10-22-23-11-16/h2-4,6,10-12,15H,5,7-9,13-14H2,1H3,(H,22,23)/t15-/m0/s1. The summed E-state index contributed by atoms with van der Waals surface area (Å²) in [6.45, 7) is 6.32. The minimum Gasteiger partial charge on any atom is -0.375 e. The lowest BCUT2D eigenvalue weighted by atomic mass is 10.2. The number of rotatable bonds is 7. The maximum absolute atomic E-state index is 5.78. The number of aromatic amines is 1. The van der Waals surface area contributed by atoms with E-state index < -0.39 is 0 Å². The fourth-order valence-corrected chi connectivity index (χ4v) is 3.46. The highest BCUT2D eigenvalue weighted by Crippen LogP contribution is 2.26. The van der Waals surface area contributed by atoms with Crippen LogP contribution in [0.2, 0.25) is 0 Å². The van der Waals surface area contributed by atoms with Crippen molar-refractivity contribution in [2.24, 2.45) is 0 Å². The molecule has 0 saturated heterocycles. The number of nitrogens with one attached hydrogen (secondary N) is 1. The molecular weight excluding hydrogens is 328 g/mol. The first-order valence-electron chi connectivity index (χ1n) is 9.05. The normalized spacial score (nSPS) is 17.3. The van der Waals surface area contributed by atoms with Gasteiger partial charge in [-0.25, -0.2) is 4.98 Å². The molecule has 0 saturated carbocycles. The number of H-pyrrole nitrogens is 1. The van der Waals surface area contributed by atoms with E-state index >= 15 is 0 Å². The Hall–Kier alpha value is -2.51. The van der Waals surface area contributed by atoms with Gasteiger partial charge in [-0.05, 0) is 19.1 Å². The number of hydrogen-bond donors (Lipinski definition) is 1. The highest BCUT2D eigenvalue weighted by molar-refractivity contribution is 5.13. The van der Waals surface area contributed by atoms with E-state index in [9.17, 15) is 0 Å². The van der Waals surface area contributed by atoms with Gasteiger partial charge >= 0.3 is 0 Å². The second-order valence-electron chi connectivity index (χ2n) is 6.64. The predicted octanol–water partition coefficient (Wildman–Crippen LogP) is 2.34. The van der Waals surface area contributed by atoms with Crippen LogP contribution in [0, 0.1) is 0 Å². The molecule has 7 nitrogen and oxygen atoms in total. The summed E-state index contributed by atoms with van der Waals surface area (Å²) >= 11 is 0. The van der Waals surface area contributed by atoms with E-state index in [4.69, 9.17) is 4.74 Å². The molecular formula is C19H24N6O. The van der Waals surface area contributed by atoms with Crippen LogP contribution in [0.4, 0.5) is 0 Å². The summed E-state index contributed by atoms with van der Waals surface area (Å²) in [5.41, 5.74) is 3.42. The third-order valence-corrected chi connectivity index (χ3v) is 4.92. The number of aromatic nitrogens is 5. The minimum atomic E-state index is 0.293. The molecule has 0 aromatic carbocycles. The highest BCUT2D eigenvalue weighted by Gasteiger charge is 2.26. The summed E-state index contributed by atoms with van der Waals surface area (Å²) in [6.07, 6.45) is 8.50. The number of nitrogens with zero attached hydrogens (tertiary/aromatic N) is 5. The number of hydrogen-bond acceptors (Lipinski definition) is 5. The molecule has 0 radical (unpaired) electrons. The molecule has 0 unspecified atom stereocenters. The van der Waals surface area contributed by atoms with E-state index in [1.807, 2.05) is 36.8 Å². The summed E-state index contributed by atoms with van der Waals surface area (Å²) in [6, 6.07) is 6.17. The second kappa shape index (κ2) is 7.80. The second-order valence-corrected chi connectivity index (χ2v) is 6.64. The molecule has 136 valence electrons. The molecule has 4 heterocycles. The van der Waals surface area contributed by atoms with Crippen LogP contribution in [0.5, 0.6) is 0 Å². The van der Waals surface area contributed by atoms with E-state index in [1.54, 1.807) is 6.20 Å². The molecule has 26 heavy (non-hydrogen) atoms. The monoisotopic (exact) mass is 352 g/mol. The van der Waals surface area contributed by atoms with Gasteiger partial charge in [-0.3, -0.25) is 15.0 Å². The molecule has 3 aromatic heterocycles. The van der Waals surface area contributed by atoms with Crippen LogP contribution in [0.25, 0.3) is 0 Å². The highest BCUT2D eigenvalue weighted by atomic mass is 16.5. The molecule has 1 N–H and O–H groups in total. The van der Waals surface area contributed by atoms with Gasteiger partial charge in [0, 0.05) is 55.9 Å². The van der Waals surface area contributed by atoms with E-state index in [2.05, 4.69) is 36.6 Å². The Kier molecular flexibility index (Phi) is 5.08. The molecule has 1 aliphatic rings. The van der Waals surface area contributed by atoms with Crippen molar-refractivity contribution in [2.75, 3.05) is 13.2 Å². The Labute approximate surface area is 153 Å². The molecule has 7 heteroatoms. The quantitative estimate of drug-likeness (QED) is 0.661. The van der Waals surface area contributed by atoms with Crippen molar-refractivity contribution in [2.45, 2.75) is 39.1 Å². The first-order valence-corrected chi connectivity index (χ1v) is 9.05. The van der Waals surface area contributed by atoms with Gasteiger partial charge in [0.2, 0.25) is 0 Å². The Morgan fingerprint density at radius 2 is 2.19 bits per heavy atom. The number of ether oxygens (including phenoxy) is 1. The lowest BCUT2D eigenvalue weighted by Crippen LogP contribution is -2.37. The summed E-state index contributed by atoms with van der Waals surface area (Å²) in [5.74, 6) is 1.14. The molecule has 0 spiro atoms. The Morgan fingerprint density at radius 3 is 3.00 bits per heavy atom. The SMILES string of the molecule is C[C@H]1c2ncc(CCOCc3ccccn3)n2CCN1Cc1cn[nH]c1. The van der Waals surface area contributed by atoms with E-state index in [0.717, 1.165) is 37.6 Å². The first kappa shape index (κ1) is 16.9. The topological polar surface area (TPSA) is 71.9 Å². The van der Waals surface area contributed by atoms with Gasteiger partial charge in [-0.1, -0.05) is 6.07 Å². The lowest BCUT2D eigenvalue weighted by Gasteiger charge is -2.34. The molecule has 0 aliphatic carbocycles. The zero-order valence-electron chi connectivity index (χ0n) is 15.0. The summed E-state index contributed by atoms with van der Waals surface area (Å²) in [4.78, 5) is 11.4. The van der Waals surface area contributed by atoms with Gasteiger partial charge in [0.25, 0.3) is 0 Å². The molecule has 0 amide bonds. The fraction of sp³-hybridized carbons (Fsp3) is 0.421. The van der Waals surface area contributed by atoms with Crippen molar-refractivity contribution in [3.63, 3.8) is 0 Å². The van der Waals surface area contributed by atoms with Gasteiger partial charge in [0.15, 0.2) is 0 Å². The number of pyridine rings is 1. The maximum atomic E-state index is 5.78. The zero-order chi connectivity index (χ0) is 17.8. The van der Waals surface area contributed by atoms with Crippen molar-refractivity contribution >= 4 is 0 Å². The van der Waals surface area contributed by atoms with Gasteiger partial charge < -0.3 is 9.30 Å². The lowest BCUT2D eigenvalue weighted by molar-refractivity contribution is 0.118. The third kappa shape index (κ3) is 3.68. The average molecular weight is 352 g/mol. The van der Waals surface area contributed by atoms with Gasteiger partial charge in [-0.15, -0.1) is 0 Å². The number of fused-ring (bicyclic) bond motifs is 1. The molecule has 1 aliphatic heterocycles. The average Bonchev–Trinajstić information content (AvgIpc) is 3.32. The van der Waals surface area contributed by atoms with E-state index in [1.165, 1.54) is 11.3 Å². The van der Waals surface area contributed by atoms with Crippen LogP contribution < -0.4 is 0 Å². The maximum Gasteiger partial charge on any atom is 0.126 e. The van der Waals surface area contributed by atoms with Gasteiger partial charge in [0.1, 0.15) is 5.82 Å².